The third kappa shape index (κ3) is 4.01. The van der Waals surface area contributed by atoms with Crippen LogP contribution in [0.15, 0.2) is 36.4 Å². The number of nitrogens with zero attached hydrogens (tertiary/aromatic N) is 1. The molecule has 0 bridgehead atoms. The number of aryl methyl sites for hydroxylation is 1. The molecule has 0 spiro atoms. The molecule has 0 saturated carbocycles. The molecule has 2 aromatic carbocycles. The molecule has 1 fully saturated rings. The van der Waals surface area contributed by atoms with Crippen molar-refractivity contribution in [1.82, 2.24) is 0 Å². The van der Waals surface area contributed by atoms with E-state index in [0.29, 0.717) is 27.9 Å². The van der Waals surface area contributed by atoms with Crippen LogP contribution in [0.4, 0.5) is 11.4 Å². The Morgan fingerprint density at radius 3 is 2.63 bits per heavy atom. The van der Waals surface area contributed by atoms with Crippen molar-refractivity contribution in [2.24, 2.45) is 5.92 Å². The summed E-state index contributed by atoms with van der Waals surface area (Å²) in [6, 6.07) is 10.6. The summed E-state index contributed by atoms with van der Waals surface area (Å²) in [5, 5.41) is 3.42. The fraction of sp³-hybridized carbons (Fsp3) is 0.300. The van der Waals surface area contributed by atoms with Crippen LogP contribution in [0.5, 0.6) is 11.5 Å². The summed E-state index contributed by atoms with van der Waals surface area (Å²) in [6.45, 7) is 2.16. The fourth-order valence-electron chi connectivity index (χ4n) is 3.04. The Bertz CT molecular complexity index is 884. The van der Waals surface area contributed by atoms with Gasteiger partial charge in [0.15, 0.2) is 0 Å². The van der Waals surface area contributed by atoms with Crippen LogP contribution in [0.25, 0.3) is 0 Å². The minimum atomic E-state index is -0.464. The lowest BCUT2D eigenvalue weighted by Crippen LogP contribution is -2.28. The number of anilines is 2. The molecule has 0 unspecified atom stereocenters. The maximum absolute atomic E-state index is 12.6. The van der Waals surface area contributed by atoms with E-state index in [0.717, 1.165) is 5.56 Å². The fourth-order valence-corrected chi connectivity index (χ4v) is 3.22. The number of carbonyl (C=O) groups is 2. The Hall–Kier alpha value is -2.73. The van der Waals surface area contributed by atoms with Crippen molar-refractivity contribution in [2.75, 3.05) is 31.0 Å². The average molecular weight is 389 g/mol. The van der Waals surface area contributed by atoms with Crippen molar-refractivity contribution < 1.29 is 19.1 Å². The van der Waals surface area contributed by atoms with Crippen molar-refractivity contribution in [3.63, 3.8) is 0 Å². The van der Waals surface area contributed by atoms with Gasteiger partial charge in [-0.1, -0.05) is 17.7 Å². The smallest absolute Gasteiger partial charge is 0.229 e. The minimum absolute atomic E-state index is 0.131. The van der Waals surface area contributed by atoms with Crippen LogP contribution in [-0.4, -0.2) is 32.6 Å². The molecule has 1 saturated heterocycles. The summed E-state index contributed by atoms with van der Waals surface area (Å²) in [5.74, 6) is 0.348. The summed E-state index contributed by atoms with van der Waals surface area (Å²) < 4.78 is 10.6. The summed E-state index contributed by atoms with van der Waals surface area (Å²) >= 11 is 6.11. The molecule has 0 aromatic heterocycles. The monoisotopic (exact) mass is 388 g/mol. The lowest BCUT2D eigenvalue weighted by molar-refractivity contribution is -0.122. The normalized spacial score (nSPS) is 16.4. The molecule has 1 aliphatic heterocycles. The maximum Gasteiger partial charge on any atom is 0.229 e. The predicted molar refractivity (Wildman–Crippen MR) is 105 cm³/mol. The number of methoxy groups -OCH3 is 2. The van der Waals surface area contributed by atoms with E-state index < -0.39 is 5.92 Å². The van der Waals surface area contributed by atoms with Crippen LogP contribution in [-0.2, 0) is 9.59 Å². The summed E-state index contributed by atoms with van der Waals surface area (Å²) in [4.78, 5) is 26.7. The molecule has 1 aliphatic rings. The van der Waals surface area contributed by atoms with Gasteiger partial charge in [0.05, 0.1) is 25.8 Å². The number of hydrogen-bond acceptors (Lipinski definition) is 4. The van der Waals surface area contributed by atoms with Gasteiger partial charge in [-0.2, -0.15) is 0 Å². The van der Waals surface area contributed by atoms with Crippen LogP contribution in [0, 0.1) is 12.8 Å². The van der Waals surface area contributed by atoms with E-state index in [1.54, 1.807) is 42.3 Å². The van der Waals surface area contributed by atoms with E-state index in [2.05, 4.69) is 5.32 Å². The lowest BCUT2D eigenvalue weighted by atomic mass is 10.1. The second-order valence-corrected chi connectivity index (χ2v) is 6.80. The van der Waals surface area contributed by atoms with E-state index in [9.17, 15) is 9.59 Å². The van der Waals surface area contributed by atoms with Crippen LogP contribution in [0.3, 0.4) is 0 Å². The molecule has 6 nitrogen and oxygen atoms in total. The van der Waals surface area contributed by atoms with E-state index in [-0.39, 0.29) is 24.8 Å². The number of ether oxygens (including phenoxy) is 2. The van der Waals surface area contributed by atoms with Gasteiger partial charge in [0.1, 0.15) is 11.5 Å². The zero-order valence-electron chi connectivity index (χ0n) is 15.4. The summed E-state index contributed by atoms with van der Waals surface area (Å²) in [5.41, 5.74) is 2.14. The van der Waals surface area contributed by atoms with E-state index in [1.807, 2.05) is 13.0 Å². The second kappa shape index (κ2) is 7.88. The third-order valence-corrected chi connectivity index (χ3v) is 5.02. The molecule has 27 heavy (non-hydrogen) atoms. The first-order valence-corrected chi connectivity index (χ1v) is 8.90. The van der Waals surface area contributed by atoms with Crippen molar-refractivity contribution in [1.29, 1.82) is 0 Å². The van der Waals surface area contributed by atoms with Crippen molar-refractivity contribution in [2.45, 2.75) is 13.3 Å². The van der Waals surface area contributed by atoms with Gasteiger partial charge in [-0.3, -0.25) is 9.59 Å². The average Bonchev–Trinajstić information content (AvgIpc) is 3.06. The highest BCUT2D eigenvalue weighted by molar-refractivity contribution is 6.31. The lowest BCUT2D eigenvalue weighted by Gasteiger charge is -2.20. The Morgan fingerprint density at radius 2 is 1.96 bits per heavy atom. The number of amides is 2. The Balaban J connectivity index is 1.77. The van der Waals surface area contributed by atoms with Crippen molar-refractivity contribution >= 4 is 34.8 Å². The number of nitrogens with one attached hydrogen (secondary N) is 1. The molecule has 2 aromatic rings. The first-order valence-electron chi connectivity index (χ1n) is 8.52. The molecule has 0 radical (unpaired) electrons. The topological polar surface area (TPSA) is 67.9 Å². The zero-order chi connectivity index (χ0) is 19.6. The van der Waals surface area contributed by atoms with Crippen LogP contribution in [0.2, 0.25) is 5.02 Å². The number of carbonyl (C=O) groups excluding carboxylic acids is 2. The predicted octanol–water partition coefficient (Wildman–Crippen LogP) is 3.66. The SMILES string of the molecule is COc1ccc(OC)c(N2C[C@@H](C(=O)Nc3ccc(C)c(Cl)c3)CC2=O)c1. The number of rotatable bonds is 5. The molecule has 1 heterocycles. The minimum Gasteiger partial charge on any atom is -0.497 e. The highest BCUT2D eigenvalue weighted by Crippen LogP contribution is 2.36. The van der Waals surface area contributed by atoms with Gasteiger partial charge < -0.3 is 19.7 Å². The highest BCUT2D eigenvalue weighted by Gasteiger charge is 2.36. The molecule has 7 heteroatoms. The first kappa shape index (κ1) is 19.0. The summed E-state index contributed by atoms with van der Waals surface area (Å²) in [7, 11) is 3.09. The van der Waals surface area contributed by atoms with Gasteiger partial charge >= 0.3 is 0 Å². The third-order valence-electron chi connectivity index (χ3n) is 4.61. The van der Waals surface area contributed by atoms with Crippen molar-refractivity contribution in [3.8, 4) is 11.5 Å². The number of halogens is 1. The Morgan fingerprint density at radius 1 is 1.19 bits per heavy atom. The van der Waals surface area contributed by atoms with Crippen LogP contribution in [0.1, 0.15) is 12.0 Å². The maximum atomic E-state index is 12.6. The molecule has 142 valence electrons. The Kier molecular flexibility index (Phi) is 5.56. The standard InChI is InChI=1S/C20H21ClN2O4/c1-12-4-5-14(9-16(12)21)22-20(25)13-8-19(24)23(11-13)17-10-15(26-2)6-7-18(17)27-3/h4-7,9-10,13H,8,11H2,1-3H3,(H,22,25)/t13-/m0/s1. The van der Waals surface area contributed by atoms with Crippen LogP contribution >= 0.6 is 11.6 Å². The van der Waals surface area contributed by atoms with Crippen molar-refractivity contribution in [3.05, 3.63) is 47.0 Å². The molecule has 1 atom stereocenters. The van der Waals surface area contributed by atoms with Gasteiger partial charge in [-0.15, -0.1) is 0 Å². The first-order chi connectivity index (χ1) is 12.9. The van der Waals surface area contributed by atoms with Gasteiger partial charge in [-0.05, 0) is 36.8 Å². The van der Waals surface area contributed by atoms with E-state index >= 15 is 0 Å². The largest absolute Gasteiger partial charge is 0.497 e. The number of benzene rings is 2. The quantitative estimate of drug-likeness (QED) is 0.848. The molecule has 2 amide bonds. The van der Waals surface area contributed by atoms with Gasteiger partial charge in [0, 0.05) is 29.7 Å². The molecule has 3 rings (SSSR count). The van der Waals surface area contributed by atoms with Gasteiger partial charge in [0.25, 0.3) is 0 Å². The van der Waals surface area contributed by atoms with E-state index in [1.165, 1.54) is 7.11 Å². The molecule has 1 N–H and O–H groups in total. The van der Waals surface area contributed by atoms with Crippen LogP contribution < -0.4 is 19.7 Å². The van der Waals surface area contributed by atoms with Gasteiger partial charge in [-0.25, -0.2) is 0 Å². The molecule has 0 aliphatic carbocycles. The van der Waals surface area contributed by atoms with Gasteiger partial charge in [0.2, 0.25) is 11.8 Å². The van der Waals surface area contributed by atoms with E-state index in [4.69, 9.17) is 21.1 Å². The molecular formula is C20H21ClN2O4. The Labute approximate surface area is 163 Å². The number of hydrogen-bond donors (Lipinski definition) is 1. The summed E-state index contributed by atoms with van der Waals surface area (Å²) in [6.07, 6.45) is 0.131. The zero-order valence-corrected chi connectivity index (χ0v) is 16.2. The highest BCUT2D eigenvalue weighted by atomic mass is 35.5. The molecular weight excluding hydrogens is 368 g/mol. The second-order valence-electron chi connectivity index (χ2n) is 6.40.